The normalized spacial score (nSPS) is 10.8. The Balaban J connectivity index is 1.68. The molecule has 0 unspecified atom stereocenters. The molecule has 1 N–H and O–H groups in total. The van der Waals surface area contributed by atoms with Gasteiger partial charge in [-0.3, -0.25) is 0 Å². The highest BCUT2D eigenvalue weighted by molar-refractivity contribution is 8.00. The molecular weight excluding hydrogens is 408 g/mol. The van der Waals surface area contributed by atoms with E-state index in [9.17, 15) is 8.78 Å². The Hall–Kier alpha value is -3.19. The summed E-state index contributed by atoms with van der Waals surface area (Å²) in [5.41, 5.74) is 2.74. The number of methoxy groups -OCH3 is 3. The van der Waals surface area contributed by atoms with Crippen molar-refractivity contribution in [1.29, 1.82) is 0 Å². The van der Waals surface area contributed by atoms with Crippen LogP contribution in [0.15, 0.2) is 59.5 Å². The van der Waals surface area contributed by atoms with Crippen LogP contribution in [0, 0.1) is 11.6 Å². The zero-order chi connectivity index (χ0) is 21.5. The third-order valence-electron chi connectivity index (χ3n) is 4.24. The first kappa shape index (κ1) is 21.5. The lowest BCUT2D eigenvalue weighted by Gasteiger charge is -2.12. The number of anilines is 1. The van der Waals surface area contributed by atoms with Crippen molar-refractivity contribution in [3.8, 4) is 17.2 Å². The van der Waals surface area contributed by atoms with Crippen molar-refractivity contribution < 1.29 is 23.0 Å². The first-order valence-electron chi connectivity index (χ1n) is 9.00. The highest BCUT2D eigenvalue weighted by Gasteiger charge is 2.12. The highest BCUT2D eigenvalue weighted by Crippen LogP contribution is 2.38. The van der Waals surface area contributed by atoms with Gasteiger partial charge in [0.1, 0.15) is 0 Å². The molecule has 0 fully saturated rings. The molecule has 0 aliphatic heterocycles. The Morgan fingerprint density at radius 2 is 1.37 bits per heavy atom. The smallest absolute Gasteiger partial charge is 0.203 e. The monoisotopic (exact) mass is 429 g/mol. The van der Waals surface area contributed by atoms with E-state index < -0.39 is 11.6 Å². The Kier molecular flexibility index (Phi) is 7.19. The minimum absolute atomic E-state index is 0.547. The number of hydrogen-bond donors (Lipinski definition) is 1. The van der Waals surface area contributed by atoms with E-state index in [1.165, 1.54) is 18.0 Å². The van der Waals surface area contributed by atoms with Crippen LogP contribution in [0.25, 0.3) is 12.2 Å². The van der Waals surface area contributed by atoms with Gasteiger partial charge in [-0.2, -0.15) is 0 Å². The zero-order valence-electron chi connectivity index (χ0n) is 16.7. The van der Waals surface area contributed by atoms with E-state index in [1.54, 1.807) is 21.3 Å². The van der Waals surface area contributed by atoms with E-state index in [2.05, 4.69) is 4.72 Å². The number of benzene rings is 3. The summed E-state index contributed by atoms with van der Waals surface area (Å²) in [6.45, 7) is 0. The van der Waals surface area contributed by atoms with Crippen LogP contribution in [-0.2, 0) is 0 Å². The van der Waals surface area contributed by atoms with Gasteiger partial charge in [0.15, 0.2) is 23.1 Å². The Labute approximate surface area is 178 Å². The van der Waals surface area contributed by atoms with Crippen molar-refractivity contribution in [2.45, 2.75) is 4.90 Å². The van der Waals surface area contributed by atoms with Crippen LogP contribution in [0.3, 0.4) is 0 Å². The fraction of sp³-hybridized carbons (Fsp3) is 0.130. The standard InChI is InChI=1S/C23H21F2NO3S/c1-27-21-12-16(13-22(28-2)23(21)29-3)5-4-15-6-8-17(9-7-15)26-30-18-10-11-19(24)20(25)14-18/h4-14,26H,1-3H3/b5-4-. The predicted octanol–water partition coefficient (Wildman–Crippen LogP) is 6.28. The zero-order valence-corrected chi connectivity index (χ0v) is 17.6. The van der Waals surface area contributed by atoms with Gasteiger partial charge in [-0.25, -0.2) is 8.78 Å². The number of hydrogen-bond acceptors (Lipinski definition) is 5. The Bertz CT molecular complexity index is 1010. The highest BCUT2D eigenvalue weighted by atomic mass is 32.2. The maximum absolute atomic E-state index is 13.3. The van der Waals surface area contributed by atoms with E-state index in [0.29, 0.717) is 22.1 Å². The largest absolute Gasteiger partial charge is 0.493 e. The lowest BCUT2D eigenvalue weighted by atomic mass is 10.1. The lowest BCUT2D eigenvalue weighted by molar-refractivity contribution is 0.324. The van der Waals surface area contributed by atoms with E-state index in [-0.39, 0.29) is 0 Å². The van der Waals surface area contributed by atoms with Crippen molar-refractivity contribution in [1.82, 2.24) is 0 Å². The molecule has 30 heavy (non-hydrogen) atoms. The van der Waals surface area contributed by atoms with E-state index >= 15 is 0 Å². The van der Waals surface area contributed by atoms with Crippen molar-refractivity contribution >= 4 is 29.8 Å². The Morgan fingerprint density at radius 3 is 1.93 bits per heavy atom. The van der Waals surface area contributed by atoms with Crippen LogP contribution in [0.5, 0.6) is 17.2 Å². The molecule has 0 aliphatic rings. The van der Waals surface area contributed by atoms with E-state index in [4.69, 9.17) is 14.2 Å². The van der Waals surface area contributed by atoms with Gasteiger partial charge in [0.25, 0.3) is 0 Å². The SMILES string of the molecule is COc1cc(/C=C\c2ccc(NSc3ccc(F)c(F)c3)cc2)cc(OC)c1OC. The van der Waals surface area contributed by atoms with Crippen molar-refractivity contribution in [3.63, 3.8) is 0 Å². The third kappa shape index (κ3) is 5.24. The fourth-order valence-electron chi connectivity index (χ4n) is 2.71. The number of nitrogens with one attached hydrogen (secondary N) is 1. The number of halogens is 2. The molecule has 0 amide bonds. The lowest BCUT2D eigenvalue weighted by Crippen LogP contribution is -1.95. The molecule has 7 heteroatoms. The second-order valence-corrected chi connectivity index (χ2v) is 7.07. The van der Waals surface area contributed by atoms with Gasteiger partial charge in [0.2, 0.25) is 5.75 Å². The maximum Gasteiger partial charge on any atom is 0.203 e. The molecule has 0 bridgehead atoms. The average molecular weight is 429 g/mol. The van der Waals surface area contributed by atoms with Crippen molar-refractivity contribution in [3.05, 3.63) is 77.4 Å². The second-order valence-electron chi connectivity index (χ2n) is 6.19. The number of rotatable bonds is 8. The molecular formula is C23H21F2NO3S. The molecule has 0 aliphatic carbocycles. The molecule has 0 aromatic heterocycles. The van der Waals surface area contributed by atoms with Crippen LogP contribution in [0.2, 0.25) is 0 Å². The van der Waals surface area contributed by atoms with Gasteiger partial charge in [0, 0.05) is 10.6 Å². The number of ether oxygens (including phenoxy) is 3. The molecule has 0 saturated heterocycles. The summed E-state index contributed by atoms with van der Waals surface area (Å²) in [6.07, 6.45) is 3.91. The van der Waals surface area contributed by atoms with Gasteiger partial charge in [-0.15, -0.1) is 0 Å². The summed E-state index contributed by atoms with van der Waals surface area (Å²) in [7, 11) is 4.72. The molecule has 0 heterocycles. The minimum Gasteiger partial charge on any atom is -0.493 e. The average Bonchev–Trinajstić information content (AvgIpc) is 2.78. The second kappa shape index (κ2) is 10.0. The third-order valence-corrected chi connectivity index (χ3v) is 5.07. The summed E-state index contributed by atoms with van der Waals surface area (Å²) >= 11 is 1.21. The van der Waals surface area contributed by atoms with Gasteiger partial charge in [-0.05, 0) is 65.5 Å². The van der Waals surface area contributed by atoms with Gasteiger partial charge in [0.05, 0.1) is 21.3 Å². The van der Waals surface area contributed by atoms with Crippen LogP contribution in [-0.4, -0.2) is 21.3 Å². The van der Waals surface area contributed by atoms with Gasteiger partial charge < -0.3 is 18.9 Å². The molecule has 156 valence electrons. The summed E-state index contributed by atoms with van der Waals surface area (Å²) in [5.74, 6) is -0.00149. The van der Waals surface area contributed by atoms with Crippen LogP contribution in [0.4, 0.5) is 14.5 Å². The molecule has 3 aromatic rings. The van der Waals surface area contributed by atoms with Crippen molar-refractivity contribution in [2.75, 3.05) is 26.1 Å². The summed E-state index contributed by atoms with van der Waals surface area (Å²) in [4.78, 5) is 0.584. The summed E-state index contributed by atoms with van der Waals surface area (Å²) in [5, 5.41) is 0. The Morgan fingerprint density at radius 1 is 0.733 bits per heavy atom. The van der Waals surface area contributed by atoms with Crippen LogP contribution < -0.4 is 18.9 Å². The van der Waals surface area contributed by atoms with Crippen LogP contribution >= 0.6 is 11.9 Å². The van der Waals surface area contributed by atoms with Crippen molar-refractivity contribution in [2.24, 2.45) is 0 Å². The van der Waals surface area contributed by atoms with E-state index in [1.807, 2.05) is 48.6 Å². The van der Waals surface area contributed by atoms with Crippen LogP contribution in [0.1, 0.15) is 11.1 Å². The summed E-state index contributed by atoms with van der Waals surface area (Å²) in [6, 6.07) is 15.2. The molecule has 0 saturated carbocycles. The van der Waals surface area contributed by atoms with E-state index in [0.717, 1.165) is 28.9 Å². The first-order valence-corrected chi connectivity index (χ1v) is 9.81. The predicted molar refractivity (Wildman–Crippen MR) is 117 cm³/mol. The topological polar surface area (TPSA) is 39.7 Å². The summed E-state index contributed by atoms with van der Waals surface area (Å²) < 4.78 is 45.5. The minimum atomic E-state index is -0.867. The fourth-order valence-corrected chi connectivity index (χ4v) is 3.38. The molecule has 0 spiro atoms. The molecule has 3 aromatic carbocycles. The molecule has 0 atom stereocenters. The van der Waals surface area contributed by atoms with Gasteiger partial charge >= 0.3 is 0 Å². The maximum atomic E-state index is 13.3. The molecule has 4 nitrogen and oxygen atoms in total. The quantitative estimate of drug-likeness (QED) is 0.337. The van der Waals surface area contributed by atoms with Gasteiger partial charge in [-0.1, -0.05) is 24.3 Å². The molecule has 0 radical (unpaired) electrons. The molecule has 3 rings (SSSR count). The first-order chi connectivity index (χ1) is 14.5.